The van der Waals surface area contributed by atoms with E-state index < -0.39 is 0 Å². The molecule has 0 heterocycles. The van der Waals surface area contributed by atoms with Gasteiger partial charge in [0.1, 0.15) is 0 Å². The van der Waals surface area contributed by atoms with Gasteiger partial charge in [0.25, 0.3) is 5.91 Å². The van der Waals surface area contributed by atoms with Crippen LogP contribution in [0, 0.1) is 0 Å². The van der Waals surface area contributed by atoms with Gasteiger partial charge in [-0.1, -0.05) is 12.1 Å². The lowest BCUT2D eigenvalue weighted by atomic mass is 10.1. The first-order valence-corrected chi connectivity index (χ1v) is 6.03. The van der Waals surface area contributed by atoms with Crippen molar-refractivity contribution < 1.29 is 14.3 Å². The molecule has 0 radical (unpaired) electrons. The van der Waals surface area contributed by atoms with Crippen molar-refractivity contribution in [1.29, 1.82) is 0 Å². The third-order valence-corrected chi connectivity index (χ3v) is 2.79. The van der Waals surface area contributed by atoms with Crippen LogP contribution in [0.5, 0.6) is 11.5 Å². The summed E-state index contributed by atoms with van der Waals surface area (Å²) in [7, 11) is 3.02. The second-order valence-electron chi connectivity index (χ2n) is 4.12. The Morgan fingerprint density at radius 2 is 1.85 bits per heavy atom. The average molecular weight is 272 g/mol. The first kappa shape index (κ1) is 13.7. The van der Waals surface area contributed by atoms with Crippen molar-refractivity contribution in [2.24, 2.45) is 0 Å². The molecule has 0 atom stereocenters. The van der Waals surface area contributed by atoms with Crippen LogP contribution < -0.4 is 20.5 Å². The number of carbonyl (C=O) groups excluding carboxylic acids is 1. The van der Waals surface area contributed by atoms with Gasteiger partial charge in [0, 0.05) is 11.4 Å². The SMILES string of the molecule is COc1cccc(C(=O)Nc2cccc(N)c2)c1OC. The Balaban J connectivity index is 2.30. The lowest BCUT2D eigenvalue weighted by molar-refractivity contribution is 0.102. The van der Waals surface area contributed by atoms with Crippen molar-refractivity contribution in [3.8, 4) is 11.5 Å². The van der Waals surface area contributed by atoms with Gasteiger partial charge in [-0.25, -0.2) is 0 Å². The van der Waals surface area contributed by atoms with E-state index in [1.54, 1.807) is 42.5 Å². The molecule has 2 aromatic carbocycles. The second-order valence-corrected chi connectivity index (χ2v) is 4.12. The number of hydrogen-bond acceptors (Lipinski definition) is 4. The molecule has 2 rings (SSSR count). The maximum Gasteiger partial charge on any atom is 0.259 e. The lowest BCUT2D eigenvalue weighted by Crippen LogP contribution is -2.13. The molecule has 5 heteroatoms. The zero-order chi connectivity index (χ0) is 14.5. The number of ether oxygens (including phenoxy) is 2. The molecule has 0 aliphatic rings. The second kappa shape index (κ2) is 5.97. The summed E-state index contributed by atoms with van der Waals surface area (Å²) in [4.78, 5) is 12.3. The summed E-state index contributed by atoms with van der Waals surface area (Å²) in [5, 5.41) is 2.77. The van der Waals surface area contributed by atoms with Crippen LogP contribution in [0.4, 0.5) is 11.4 Å². The number of hydrogen-bond donors (Lipinski definition) is 2. The predicted molar refractivity (Wildman–Crippen MR) is 78.4 cm³/mol. The van der Waals surface area contributed by atoms with E-state index in [2.05, 4.69) is 5.32 Å². The number of para-hydroxylation sites is 1. The highest BCUT2D eigenvalue weighted by molar-refractivity contribution is 6.06. The van der Waals surface area contributed by atoms with Crippen LogP contribution in [0.2, 0.25) is 0 Å². The molecule has 2 aromatic rings. The van der Waals surface area contributed by atoms with Crippen LogP contribution in [-0.2, 0) is 0 Å². The summed E-state index contributed by atoms with van der Waals surface area (Å²) in [6, 6.07) is 12.1. The molecule has 0 aromatic heterocycles. The van der Waals surface area contributed by atoms with Crippen LogP contribution in [0.15, 0.2) is 42.5 Å². The molecule has 0 saturated carbocycles. The topological polar surface area (TPSA) is 73.6 Å². The summed E-state index contributed by atoms with van der Waals surface area (Å²) in [6.45, 7) is 0. The van der Waals surface area contributed by atoms with Crippen molar-refractivity contribution in [2.75, 3.05) is 25.3 Å². The first-order chi connectivity index (χ1) is 9.65. The zero-order valence-electron chi connectivity index (χ0n) is 11.3. The minimum absolute atomic E-state index is 0.286. The van der Waals surface area contributed by atoms with Crippen LogP contribution >= 0.6 is 0 Å². The maximum atomic E-state index is 12.3. The average Bonchev–Trinajstić information content (AvgIpc) is 2.46. The van der Waals surface area contributed by atoms with E-state index in [0.29, 0.717) is 28.4 Å². The number of carbonyl (C=O) groups is 1. The molecule has 0 aliphatic carbocycles. The zero-order valence-corrected chi connectivity index (χ0v) is 11.3. The number of nitrogens with two attached hydrogens (primary N) is 1. The van der Waals surface area contributed by atoms with Crippen molar-refractivity contribution in [3.63, 3.8) is 0 Å². The highest BCUT2D eigenvalue weighted by atomic mass is 16.5. The minimum atomic E-state index is -0.286. The smallest absolute Gasteiger partial charge is 0.259 e. The predicted octanol–water partition coefficient (Wildman–Crippen LogP) is 2.54. The van der Waals surface area contributed by atoms with E-state index >= 15 is 0 Å². The molecule has 0 bridgehead atoms. The summed E-state index contributed by atoms with van der Waals surface area (Å²) in [6.07, 6.45) is 0. The molecule has 0 fully saturated rings. The van der Waals surface area contributed by atoms with Gasteiger partial charge in [0.15, 0.2) is 11.5 Å². The number of nitrogens with one attached hydrogen (secondary N) is 1. The van der Waals surface area contributed by atoms with Gasteiger partial charge in [-0.2, -0.15) is 0 Å². The van der Waals surface area contributed by atoms with Crippen molar-refractivity contribution in [2.45, 2.75) is 0 Å². The number of anilines is 2. The van der Waals surface area contributed by atoms with Crippen LogP contribution in [0.25, 0.3) is 0 Å². The lowest BCUT2D eigenvalue weighted by Gasteiger charge is -2.12. The Labute approximate surface area is 117 Å². The molecule has 0 aliphatic heterocycles. The van der Waals surface area contributed by atoms with E-state index in [0.717, 1.165) is 0 Å². The van der Waals surface area contributed by atoms with Crippen LogP contribution in [0.1, 0.15) is 10.4 Å². The largest absolute Gasteiger partial charge is 0.493 e. The molecule has 3 N–H and O–H groups in total. The summed E-state index contributed by atoms with van der Waals surface area (Å²) < 4.78 is 10.4. The van der Waals surface area contributed by atoms with E-state index in [4.69, 9.17) is 15.2 Å². The Hall–Kier alpha value is -2.69. The highest BCUT2D eigenvalue weighted by Gasteiger charge is 2.16. The molecule has 0 unspecified atom stereocenters. The van der Waals surface area contributed by atoms with Crippen molar-refractivity contribution >= 4 is 17.3 Å². The maximum absolute atomic E-state index is 12.3. The Kier molecular flexibility index (Phi) is 4.10. The van der Waals surface area contributed by atoms with Gasteiger partial charge in [-0.05, 0) is 30.3 Å². The van der Waals surface area contributed by atoms with E-state index in [9.17, 15) is 4.79 Å². The van der Waals surface area contributed by atoms with E-state index in [1.165, 1.54) is 14.2 Å². The molecular formula is C15H16N2O3. The number of amides is 1. The Morgan fingerprint density at radius 3 is 2.50 bits per heavy atom. The molecule has 0 saturated heterocycles. The fourth-order valence-electron chi connectivity index (χ4n) is 1.88. The molecule has 20 heavy (non-hydrogen) atoms. The molecule has 104 valence electrons. The summed E-state index contributed by atoms with van der Waals surface area (Å²) in [5.41, 5.74) is 7.28. The minimum Gasteiger partial charge on any atom is -0.493 e. The monoisotopic (exact) mass is 272 g/mol. The number of rotatable bonds is 4. The van der Waals surface area contributed by atoms with Gasteiger partial charge in [-0.15, -0.1) is 0 Å². The first-order valence-electron chi connectivity index (χ1n) is 6.03. The van der Waals surface area contributed by atoms with Gasteiger partial charge in [0.2, 0.25) is 0 Å². The highest BCUT2D eigenvalue weighted by Crippen LogP contribution is 2.31. The third kappa shape index (κ3) is 2.83. The van der Waals surface area contributed by atoms with Gasteiger partial charge < -0.3 is 20.5 Å². The van der Waals surface area contributed by atoms with Crippen molar-refractivity contribution in [3.05, 3.63) is 48.0 Å². The quantitative estimate of drug-likeness (QED) is 0.839. The molecule has 5 nitrogen and oxygen atoms in total. The standard InChI is InChI=1S/C15H16N2O3/c1-19-13-8-4-7-12(14(13)20-2)15(18)17-11-6-3-5-10(16)9-11/h3-9H,16H2,1-2H3,(H,17,18). The van der Waals surface area contributed by atoms with Crippen LogP contribution in [0.3, 0.4) is 0 Å². The van der Waals surface area contributed by atoms with Gasteiger partial charge >= 0.3 is 0 Å². The summed E-state index contributed by atoms with van der Waals surface area (Å²) in [5.74, 6) is 0.621. The Bertz CT molecular complexity index is 626. The normalized spacial score (nSPS) is 9.90. The van der Waals surface area contributed by atoms with E-state index in [1.807, 2.05) is 0 Å². The summed E-state index contributed by atoms with van der Waals surface area (Å²) >= 11 is 0. The van der Waals surface area contributed by atoms with Gasteiger partial charge in [0.05, 0.1) is 19.8 Å². The van der Waals surface area contributed by atoms with Gasteiger partial charge in [-0.3, -0.25) is 4.79 Å². The number of methoxy groups -OCH3 is 2. The molecule has 0 spiro atoms. The third-order valence-electron chi connectivity index (χ3n) is 2.79. The number of nitrogen functional groups attached to an aromatic ring is 1. The molecule has 1 amide bonds. The van der Waals surface area contributed by atoms with Crippen LogP contribution in [-0.4, -0.2) is 20.1 Å². The number of benzene rings is 2. The Morgan fingerprint density at radius 1 is 1.10 bits per heavy atom. The van der Waals surface area contributed by atoms with Crippen molar-refractivity contribution in [1.82, 2.24) is 0 Å². The fourth-order valence-corrected chi connectivity index (χ4v) is 1.88. The molecular weight excluding hydrogens is 256 g/mol. The van der Waals surface area contributed by atoms with E-state index in [-0.39, 0.29) is 5.91 Å². The fraction of sp³-hybridized carbons (Fsp3) is 0.133.